The molecule has 144 valence electrons. The van der Waals surface area contributed by atoms with Gasteiger partial charge in [0.2, 0.25) is 6.79 Å². The molecule has 4 rings (SSSR count). The lowest BCUT2D eigenvalue weighted by molar-refractivity contribution is 0.0436. The zero-order valence-corrected chi connectivity index (χ0v) is 16.7. The minimum absolute atomic E-state index is 0.307. The molecule has 2 saturated heterocycles. The summed E-state index contributed by atoms with van der Waals surface area (Å²) in [6.07, 6.45) is 6.14. The summed E-state index contributed by atoms with van der Waals surface area (Å²) in [5.41, 5.74) is 1.22. The molecule has 0 spiro atoms. The van der Waals surface area contributed by atoms with Crippen molar-refractivity contribution in [3.05, 3.63) is 17.7 Å². The zero-order chi connectivity index (χ0) is 17.9. The monoisotopic (exact) mass is 378 g/mol. The third-order valence-electron chi connectivity index (χ3n) is 5.79. The van der Waals surface area contributed by atoms with Crippen LogP contribution in [0.4, 0.5) is 0 Å². The largest absolute Gasteiger partial charge is 0.493 e. The van der Waals surface area contributed by atoms with E-state index < -0.39 is 0 Å². The number of nitrogens with zero attached hydrogens (tertiary/aromatic N) is 2. The Hall–Kier alpha value is -1.11. The van der Waals surface area contributed by atoms with Gasteiger partial charge in [-0.3, -0.25) is 9.80 Å². The highest BCUT2D eigenvalue weighted by Crippen LogP contribution is 2.39. The summed E-state index contributed by atoms with van der Waals surface area (Å²) >= 11 is 1.95. The van der Waals surface area contributed by atoms with E-state index in [0.717, 1.165) is 29.8 Å². The fourth-order valence-corrected chi connectivity index (χ4v) is 4.98. The van der Waals surface area contributed by atoms with E-state index in [4.69, 9.17) is 14.2 Å². The molecular weight excluding hydrogens is 348 g/mol. The molecule has 5 nitrogen and oxygen atoms in total. The maximum Gasteiger partial charge on any atom is 0.231 e. The van der Waals surface area contributed by atoms with Crippen LogP contribution in [0.2, 0.25) is 0 Å². The molecule has 0 aromatic heterocycles. The normalized spacial score (nSPS) is 25.5. The third-order valence-corrected chi connectivity index (χ3v) is 6.43. The molecule has 3 aliphatic heterocycles. The minimum atomic E-state index is 0.307. The van der Waals surface area contributed by atoms with Crippen molar-refractivity contribution in [1.82, 2.24) is 9.80 Å². The molecule has 0 radical (unpaired) electrons. The Kier molecular flexibility index (Phi) is 5.81. The highest BCUT2D eigenvalue weighted by Gasteiger charge is 2.36. The summed E-state index contributed by atoms with van der Waals surface area (Å²) in [4.78, 5) is 5.40. The van der Waals surface area contributed by atoms with E-state index in [2.05, 4.69) is 22.1 Å². The summed E-state index contributed by atoms with van der Waals surface area (Å²) in [6.45, 7) is 7.59. The van der Waals surface area contributed by atoms with E-state index in [0.29, 0.717) is 19.4 Å². The fraction of sp³-hybridized carbons (Fsp3) is 0.700. The molecule has 2 atom stereocenters. The van der Waals surface area contributed by atoms with Crippen molar-refractivity contribution >= 4 is 11.8 Å². The molecule has 26 heavy (non-hydrogen) atoms. The molecule has 1 aromatic rings. The van der Waals surface area contributed by atoms with Crippen molar-refractivity contribution in [3.63, 3.8) is 0 Å². The smallest absolute Gasteiger partial charge is 0.231 e. The van der Waals surface area contributed by atoms with Gasteiger partial charge in [0.25, 0.3) is 0 Å². The lowest BCUT2D eigenvalue weighted by Gasteiger charge is -2.44. The molecule has 6 heteroatoms. The number of ether oxygens (including phenoxy) is 3. The molecule has 0 bridgehead atoms. The number of benzene rings is 1. The second-order valence-corrected chi connectivity index (χ2v) is 8.39. The maximum absolute atomic E-state index is 5.93. The van der Waals surface area contributed by atoms with Crippen molar-refractivity contribution in [1.29, 1.82) is 0 Å². The fourth-order valence-electron chi connectivity index (χ4n) is 4.47. The lowest BCUT2D eigenvalue weighted by Crippen LogP contribution is -2.55. The van der Waals surface area contributed by atoms with Crippen LogP contribution < -0.4 is 14.2 Å². The topological polar surface area (TPSA) is 34.2 Å². The van der Waals surface area contributed by atoms with Gasteiger partial charge in [0.1, 0.15) is 5.75 Å². The van der Waals surface area contributed by atoms with Crippen LogP contribution in [0.5, 0.6) is 17.2 Å². The van der Waals surface area contributed by atoms with Crippen LogP contribution in [-0.2, 0) is 6.54 Å². The molecular formula is C20H30N2O3S. The van der Waals surface area contributed by atoms with Crippen molar-refractivity contribution in [2.45, 2.75) is 44.8 Å². The summed E-state index contributed by atoms with van der Waals surface area (Å²) in [6, 6.07) is 5.48. The number of hydrogen-bond acceptors (Lipinski definition) is 6. The van der Waals surface area contributed by atoms with Crippen LogP contribution in [0.15, 0.2) is 12.1 Å². The van der Waals surface area contributed by atoms with Crippen molar-refractivity contribution in [2.75, 3.05) is 45.0 Å². The molecule has 0 N–H and O–H groups in total. The second kappa shape index (κ2) is 8.28. The van der Waals surface area contributed by atoms with Gasteiger partial charge in [0, 0.05) is 43.3 Å². The van der Waals surface area contributed by atoms with E-state index in [1.165, 1.54) is 50.2 Å². The predicted octanol–water partition coefficient (Wildman–Crippen LogP) is 3.22. The van der Waals surface area contributed by atoms with Crippen LogP contribution in [0.25, 0.3) is 0 Å². The van der Waals surface area contributed by atoms with Gasteiger partial charge < -0.3 is 14.2 Å². The Morgan fingerprint density at radius 3 is 2.88 bits per heavy atom. The average molecular weight is 379 g/mol. The average Bonchev–Trinajstić information content (AvgIpc) is 3.28. The van der Waals surface area contributed by atoms with Gasteiger partial charge in [-0.2, -0.15) is 11.8 Å². The molecule has 3 aliphatic rings. The SMILES string of the molecule is CCOc1cc2c(cc1CN1C[C@@H]3CCCN3C[C@@H]1CCSC)OCO2. The summed E-state index contributed by atoms with van der Waals surface area (Å²) in [7, 11) is 0. The lowest BCUT2D eigenvalue weighted by atomic mass is 10.0. The van der Waals surface area contributed by atoms with Crippen molar-refractivity contribution in [2.24, 2.45) is 0 Å². The van der Waals surface area contributed by atoms with E-state index in [-0.39, 0.29) is 0 Å². The Bertz CT molecular complexity index is 627. The molecule has 1 aromatic carbocycles. The van der Waals surface area contributed by atoms with E-state index >= 15 is 0 Å². The van der Waals surface area contributed by atoms with E-state index in [9.17, 15) is 0 Å². The quantitative estimate of drug-likeness (QED) is 0.725. The molecule has 0 saturated carbocycles. The number of hydrogen-bond donors (Lipinski definition) is 0. The van der Waals surface area contributed by atoms with Gasteiger partial charge >= 0.3 is 0 Å². The zero-order valence-electron chi connectivity index (χ0n) is 15.9. The van der Waals surface area contributed by atoms with Gasteiger partial charge in [0.15, 0.2) is 11.5 Å². The summed E-state index contributed by atoms with van der Waals surface area (Å²) in [5.74, 6) is 3.81. The first-order valence-electron chi connectivity index (χ1n) is 9.80. The van der Waals surface area contributed by atoms with E-state index in [1.54, 1.807) is 0 Å². The van der Waals surface area contributed by atoms with Crippen molar-refractivity contribution < 1.29 is 14.2 Å². The Balaban J connectivity index is 1.55. The highest BCUT2D eigenvalue weighted by molar-refractivity contribution is 7.98. The predicted molar refractivity (Wildman–Crippen MR) is 106 cm³/mol. The van der Waals surface area contributed by atoms with Crippen LogP contribution in [0, 0.1) is 0 Å². The Morgan fingerprint density at radius 2 is 2.08 bits per heavy atom. The summed E-state index contributed by atoms with van der Waals surface area (Å²) < 4.78 is 17.1. The molecule has 3 heterocycles. The van der Waals surface area contributed by atoms with Crippen LogP contribution in [-0.4, -0.2) is 66.9 Å². The first-order chi connectivity index (χ1) is 12.8. The minimum Gasteiger partial charge on any atom is -0.493 e. The van der Waals surface area contributed by atoms with Crippen LogP contribution in [0.3, 0.4) is 0 Å². The summed E-state index contributed by atoms with van der Waals surface area (Å²) in [5, 5.41) is 0. The number of piperazine rings is 1. The first-order valence-corrected chi connectivity index (χ1v) is 11.2. The van der Waals surface area contributed by atoms with Gasteiger partial charge in [0.05, 0.1) is 6.61 Å². The molecule has 0 unspecified atom stereocenters. The van der Waals surface area contributed by atoms with Gasteiger partial charge in [-0.1, -0.05) is 0 Å². The second-order valence-electron chi connectivity index (χ2n) is 7.40. The van der Waals surface area contributed by atoms with Gasteiger partial charge in [-0.25, -0.2) is 0 Å². The van der Waals surface area contributed by atoms with Crippen LogP contribution in [0.1, 0.15) is 31.7 Å². The van der Waals surface area contributed by atoms with Crippen molar-refractivity contribution in [3.8, 4) is 17.2 Å². The van der Waals surface area contributed by atoms with Gasteiger partial charge in [-0.05, 0) is 50.8 Å². The molecule has 2 fully saturated rings. The highest BCUT2D eigenvalue weighted by atomic mass is 32.2. The van der Waals surface area contributed by atoms with Gasteiger partial charge in [-0.15, -0.1) is 0 Å². The number of rotatable bonds is 7. The standard InChI is InChI=1S/C20H30N2O3S/c1-3-23-18-10-20-19(24-14-25-20)9-15(18)11-22-13-16-5-4-7-21(16)12-17(22)6-8-26-2/h9-10,16-17H,3-8,11-14H2,1-2H3/t16-,17-/m0/s1. The number of thioether (sulfide) groups is 1. The maximum atomic E-state index is 5.93. The first kappa shape index (κ1) is 18.3. The van der Waals surface area contributed by atoms with Crippen LogP contribution >= 0.6 is 11.8 Å². The Labute approximate surface area is 161 Å². The Morgan fingerprint density at radius 1 is 1.23 bits per heavy atom. The third kappa shape index (κ3) is 3.78. The molecule has 0 amide bonds. The molecule has 0 aliphatic carbocycles. The van der Waals surface area contributed by atoms with E-state index in [1.807, 2.05) is 24.8 Å². The number of fused-ring (bicyclic) bond motifs is 2.